The molecule has 0 aromatic rings. The van der Waals surface area contributed by atoms with E-state index in [1.54, 1.807) is 0 Å². The maximum Gasteiger partial charge on any atom is 0.332 e. The van der Waals surface area contributed by atoms with Gasteiger partial charge in [-0.05, 0) is 32.1 Å². The lowest BCUT2D eigenvalue weighted by Crippen LogP contribution is -2.18. The summed E-state index contributed by atoms with van der Waals surface area (Å²) in [7, 11) is 0. The Morgan fingerprint density at radius 2 is 1.33 bits per heavy atom. The summed E-state index contributed by atoms with van der Waals surface area (Å²) in [5.41, 5.74) is 0. The first-order valence-corrected chi connectivity index (χ1v) is 8.74. The monoisotopic (exact) mass is 298 g/mol. The summed E-state index contributed by atoms with van der Waals surface area (Å²) >= 11 is 0. The Morgan fingerprint density at radius 1 is 0.857 bits per heavy atom. The molecular weight excluding hydrogens is 264 g/mol. The van der Waals surface area contributed by atoms with Crippen LogP contribution in [0, 0.1) is 0 Å². The molecule has 0 aliphatic heterocycles. The molecule has 21 heavy (non-hydrogen) atoms. The Labute approximate surface area is 130 Å². The number of carbonyl (C=O) groups is 1. The largest absolute Gasteiger partial charge is 0.479 e. The fraction of sp³-hybridized carbons (Fsp3) is 0.833. The second-order valence-corrected chi connectivity index (χ2v) is 5.87. The van der Waals surface area contributed by atoms with Crippen LogP contribution in [0.2, 0.25) is 0 Å². The topological polar surface area (TPSA) is 57.5 Å². The molecular formula is C18H34O3. The van der Waals surface area contributed by atoms with Crippen LogP contribution in [-0.4, -0.2) is 22.3 Å². The second kappa shape index (κ2) is 15.6. The summed E-state index contributed by atoms with van der Waals surface area (Å²) in [6, 6.07) is 0. The number of carboxylic acids is 1. The summed E-state index contributed by atoms with van der Waals surface area (Å²) in [5.74, 6) is -1.11. The number of hydrogen-bond donors (Lipinski definition) is 2. The van der Waals surface area contributed by atoms with Crippen LogP contribution in [0.5, 0.6) is 0 Å². The van der Waals surface area contributed by atoms with Crippen molar-refractivity contribution in [1.82, 2.24) is 0 Å². The Balaban J connectivity index is 3.17. The van der Waals surface area contributed by atoms with E-state index < -0.39 is 12.1 Å². The first-order chi connectivity index (χ1) is 10.2. The molecule has 124 valence electrons. The van der Waals surface area contributed by atoms with E-state index in [1.807, 2.05) is 0 Å². The van der Waals surface area contributed by atoms with Crippen molar-refractivity contribution < 1.29 is 15.0 Å². The van der Waals surface area contributed by atoms with Crippen molar-refractivity contribution in [2.45, 2.75) is 96.5 Å². The van der Waals surface area contributed by atoms with Crippen molar-refractivity contribution in [1.29, 1.82) is 0 Å². The minimum absolute atomic E-state index is 0.372. The van der Waals surface area contributed by atoms with Gasteiger partial charge in [-0.3, -0.25) is 0 Å². The van der Waals surface area contributed by atoms with Crippen LogP contribution in [0.15, 0.2) is 12.2 Å². The molecule has 0 bridgehead atoms. The average molecular weight is 298 g/mol. The minimum atomic E-state index is -1.18. The fourth-order valence-corrected chi connectivity index (χ4v) is 2.36. The standard InChI is InChI=1S/C18H34O3/c1-2-3-4-5-6-7-8-9-10-11-12-13-14-15-16-17(19)18(20)21/h10-11,17,19H,2-9,12-16H2,1H3,(H,20,21)/b11-10+. The maximum absolute atomic E-state index is 10.4. The van der Waals surface area contributed by atoms with Crippen LogP contribution in [0.4, 0.5) is 0 Å². The normalized spacial score (nSPS) is 12.9. The molecule has 3 heteroatoms. The highest BCUT2D eigenvalue weighted by molar-refractivity contribution is 5.71. The molecule has 0 fully saturated rings. The number of aliphatic carboxylic acids is 1. The van der Waals surface area contributed by atoms with Gasteiger partial charge < -0.3 is 10.2 Å². The average Bonchev–Trinajstić information content (AvgIpc) is 2.47. The van der Waals surface area contributed by atoms with Crippen LogP contribution >= 0.6 is 0 Å². The van der Waals surface area contributed by atoms with E-state index in [-0.39, 0.29) is 0 Å². The van der Waals surface area contributed by atoms with Crippen LogP contribution in [0.1, 0.15) is 90.4 Å². The lowest BCUT2D eigenvalue weighted by molar-refractivity contribution is -0.146. The van der Waals surface area contributed by atoms with E-state index in [4.69, 9.17) is 10.2 Å². The summed E-state index contributed by atoms with van der Waals surface area (Å²) in [4.78, 5) is 10.4. The van der Waals surface area contributed by atoms with Gasteiger partial charge in [0.15, 0.2) is 6.10 Å². The van der Waals surface area contributed by atoms with Crippen LogP contribution in [0.3, 0.4) is 0 Å². The Morgan fingerprint density at radius 3 is 1.86 bits per heavy atom. The maximum atomic E-state index is 10.4. The van der Waals surface area contributed by atoms with E-state index in [0.29, 0.717) is 6.42 Å². The third kappa shape index (κ3) is 15.4. The Kier molecular flexibility index (Phi) is 14.9. The lowest BCUT2D eigenvalue weighted by atomic mass is 10.1. The van der Waals surface area contributed by atoms with E-state index in [0.717, 1.165) is 25.7 Å². The first kappa shape index (κ1) is 20.2. The van der Waals surface area contributed by atoms with Gasteiger partial charge in [-0.1, -0.05) is 70.4 Å². The van der Waals surface area contributed by atoms with Crippen molar-refractivity contribution in [2.24, 2.45) is 0 Å². The number of rotatable bonds is 15. The van der Waals surface area contributed by atoms with Gasteiger partial charge in [0.2, 0.25) is 0 Å². The summed E-state index contributed by atoms with van der Waals surface area (Å²) in [6.45, 7) is 2.25. The number of carboxylic acid groups (broad SMARTS) is 1. The third-order valence-corrected chi connectivity index (χ3v) is 3.77. The van der Waals surface area contributed by atoms with E-state index in [1.165, 1.54) is 51.4 Å². The molecule has 0 aliphatic rings. The van der Waals surface area contributed by atoms with Gasteiger partial charge in [-0.25, -0.2) is 4.79 Å². The molecule has 0 saturated heterocycles. The molecule has 0 aromatic heterocycles. The van der Waals surface area contributed by atoms with Crippen molar-refractivity contribution in [3.8, 4) is 0 Å². The molecule has 0 spiro atoms. The molecule has 0 saturated carbocycles. The number of aliphatic hydroxyl groups excluding tert-OH is 1. The predicted octanol–water partition coefficient (Wildman–Crippen LogP) is 5.08. The van der Waals surface area contributed by atoms with E-state index in [9.17, 15) is 4.79 Å². The zero-order chi connectivity index (χ0) is 15.8. The predicted molar refractivity (Wildman–Crippen MR) is 88.5 cm³/mol. The Bertz CT molecular complexity index is 261. The quantitative estimate of drug-likeness (QED) is 0.327. The van der Waals surface area contributed by atoms with Gasteiger partial charge in [-0.2, -0.15) is 0 Å². The highest BCUT2D eigenvalue weighted by Crippen LogP contribution is 2.10. The van der Waals surface area contributed by atoms with Gasteiger partial charge in [0, 0.05) is 0 Å². The first-order valence-electron chi connectivity index (χ1n) is 8.74. The van der Waals surface area contributed by atoms with Gasteiger partial charge in [-0.15, -0.1) is 0 Å². The molecule has 0 aromatic carbocycles. The number of aliphatic hydroxyl groups is 1. The molecule has 1 unspecified atom stereocenters. The summed E-state index contributed by atoms with van der Waals surface area (Å²) < 4.78 is 0. The van der Waals surface area contributed by atoms with Crippen molar-refractivity contribution in [3.05, 3.63) is 12.2 Å². The van der Waals surface area contributed by atoms with E-state index >= 15 is 0 Å². The van der Waals surface area contributed by atoms with E-state index in [2.05, 4.69) is 19.1 Å². The van der Waals surface area contributed by atoms with Crippen molar-refractivity contribution >= 4 is 5.97 Å². The van der Waals surface area contributed by atoms with Gasteiger partial charge in [0.1, 0.15) is 0 Å². The van der Waals surface area contributed by atoms with Gasteiger partial charge >= 0.3 is 5.97 Å². The smallest absolute Gasteiger partial charge is 0.332 e. The molecule has 0 heterocycles. The highest BCUT2D eigenvalue weighted by Gasteiger charge is 2.11. The number of unbranched alkanes of at least 4 members (excludes halogenated alkanes) is 10. The summed E-state index contributed by atoms with van der Waals surface area (Å²) in [5, 5.41) is 17.6. The molecule has 0 aliphatic carbocycles. The molecule has 1 atom stereocenters. The highest BCUT2D eigenvalue weighted by atomic mass is 16.4. The number of hydrogen-bond acceptors (Lipinski definition) is 2. The van der Waals surface area contributed by atoms with Crippen LogP contribution < -0.4 is 0 Å². The molecule has 0 amide bonds. The fourth-order valence-electron chi connectivity index (χ4n) is 2.36. The summed E-state index contributed by atoms with van der Waals surface area (Å²) in [6.07, 6.45) is 18.3. The SMILES string of the molecule is CCCCCCCCC/C=C/CCCCCC(O)C(=O)O. The zero-order valence-corrected chi connectivity index (χ0v) is 13.7. The van der Waals surface area contributed by atoms with Gasteiger partial charge in [0.05, 0.1) is 0 Å². The zero-order valence-electron chi connectivity index (χ0n) is 13.7. The third-order valence-electron chi connectivity index (χ3n) is 3.77. The lowest BCUT2D eigenvalue weighted by Gasteiger charge is -2.03. The van der Waals surface area contributed by atoms with Gasteiger partial charge in [0.25, 0.3) is 0 Å². The molecule has 0 rings (SSSR count). The minimum Gasteiger partial charge on any atom is -0.479 e. The molecule has 2 N–H and O–H groups in total. The van der Waals surface area contributed by atoms with Crippen LogP contribution in [-0.2, 0) is 4.79 Å². The Hall–Kier alpha value is -0.830. The van der Waals surface area contributed by atoms with Crippen molar-refractivity contribution in [3.63, 3.8) is 0 Å². The number of allylic oxidation sites excluding steroid dienone is 2. The molecule has 3 nitrogen and oxygen atoms in total. The van der Waals surface area contributed by atoms with Crippen LogP contribution in [0.25, 0.3) is 0 Å². The van der Waals surface area contributed by atoms with Crippen molar-refractivity contribution in [2.75, 3.05) is 0 Å². The second-order valence-electron chi connectivity index (χ2n) is 5.87. The molecule has 0 radical (unpaired) electrons.